The van der Waals surface area contributed by atoms with Gasteiger partial charge >= 0.3 is 6.01 Å². The number of nitrogens with one attached hydrogen (secondary N) is 2. The molecule has 114 valence electrons. The third kappa shape index (κ3) is 2.35. The monoisotopic (exact) mass is 318 g/mol. The summed E-state index contributed by atoms with van der Waals surface area (Å²) in [6.07, 6.45) is 2.38. The molecule has 1 unspecified atom stereocenters. The third-order valence-electron chi connectivity index (χ3n) is 3.80. The Kier molecular flexibility index (Phi) is 2.93. The van der Waals surface area contributed by atoms with Crippen molar-refractivity contribution in [1.82, 2.24) is 15.2 Å². The van der Waals surface area contributed by atoms with Crippen LogP contribution in [0.2, 0.25) is 0 Å². The summed E-state index contributed by atoms with van der Waals surface area (Å²) in [5.41, 5.74) is 1.82. The van der Waals surface area contributed by atoms with E-state index in [2.05, 4.69) is 20.5 Å². The molecule has 1 aromatic carbocycles. The van der Waals surface area contributed by atoms with E-state index in [4.69, 9.17) is 4.42 Å². The zero-order chi connectivity index (χ0) is 15.2. The van der Waals surface area contributed by atoms with Crippen molar-refractivity contribution in [1.29, 1.82) is 0 Å². The lowest BCUT2D eigenvalue weighted by Crippen LogP contribution is -2.20. The number of para-hydroxylation sites is 1. The van der Waals surface area contributed by atoms with E-state index < -0.39 is 9.84 Å². The smallest absolute Gasteiger partial charge is 0.315 e. The molecule has 4 rings (SSSR count). The van der Waals surface area contributed by atoms with Gasteiger partial charge in [0.1, 0.15) is 0 Å². The molecule has 0 saturated carbocycles. The van der Waals surface area contributed by atoms with Gasteiger partial charge in [-0.2, -0.15) is 0 Å². The predicted molar refractivity (Wildman–Crippen MR) is 82.3 cm³/mol. The van der Waals surface area contributed by atoms with E-state index in [0.717, 1.165) is 16.5 Å². The van der Waals surface area contributed by atoms with Gasteiger partial charge in [0.15, 0.2) is 9.84 Å². The van der Waals surface area contributed by atoms with Crippen molar-refractivity contribution in [3.05, 3.63) is 30.5 Å². The molecule has 1 aliphatic heterocycles. The quantitative estimate of drug-likeness (QED) is 0.764. The highest BCUT2D eigenvalue weighted by molar-refractivity contribution is 7.91. The summed E-state index contributed by atoms with van der Waals surface area (Å²) >= 11 is 0. The first-order chi connectivity index (χ1) is 10.6. The van der Waals surface area contributed by atoms with Gasteiger partial charge in [-0.3, -0.25) is 0 Å². The minimum absolute atomic E-state index is 0.109. The molecule has 22 heavy (non-hydrogen) atoms. The van der Waals surface area contributed by atoms with Gasteiger partial charge in [0.05, 0.1) is 17.1 Å². The van der Waals surface area contributed by atoms with Gasteiger partial charge in [-0.1, -0.05) is 23.3 Å². The lowest BCUT2D eigenvalue weighted by Gasteiger charge is -2.06. The summed E-state index contributed by atoms with van der Waals surface area (Å²) in [6, 6.07) is 7.92. The second kappa shape index (κ2) is 4.84. The number of anilines is 1. The van der Waals surface area contributed by atoms with Crippen molar-refractivity contribution in [2.24, 2.45) is 0 Å². The van der Waals surface area contributed by atoms with Gasteiger partial charge in [0.25, 0.3) is 5.89 Å². The van der Waals surface area contributed by atoms with E-state index in [9.17, 15) is 8.42 Å². The zero-order valence-corrected chi connectivity index (χ0v) is 12.4. The van der Waals surface area contributed by atoms with Crippen molar-refractivity contribution in [3.8, 4) is 11.5 Å². The van der Waals surface area contributed by atoms with Crippen LogP contribution in [0.15, 0.2) is 34.9 Å². The van der Waals surface area contributed by atoms with Crippen LogP contribution in [0.5, 0.6) is 0 Å². The summed E-state index contributed by atoms with van der Waals surface area (Å²) in [4.78, 5) is 3.15. The number of nitrogens with zero attached hydrogens (tertiary/aromatic N) is 2. The number of aromatic nitrogens is 3. The molecule has 3 aromatic rings. The number of H-pyrrole nitrogens is 1. The topological polar surface area (TPSA) is 101 Å². The Hall–Kier alpha value is -2.35. The van der Waals surface area contributed by atoms with Crippen LogP contribution in [0.25, 0.3) is 22.4 Å². The molecular formula is C14H14N4O3S. The van der Waals surface area contributed by atoms with Gasteiger partial charge < -0.3 is 14.7 Å². The molecule has 2 aromatic heterocycles. The minimum Gasteiger partial charge on any atom is -0.403 e. The van der Waals surface area contributed by atoms with Crippen LogP contribution in [0.1, 0.15) is 6.42 Å². The lowest BCUT2D eigenvalue weighted by atomic mass is 10.2. The van der Waals surface area contributed by atoms with Crippen molar-refractivity contribution < 1.29 is 12.8 Å². The van der Waals surface area contributed by atoms with Crippen LogP contribution in [-0.4, -0.2) is 41.1 Å². The maximum Gasteiger partial charge on any atom is 0.315 e. The molecule has 1 fully saturated rings. The van der Waals surface area contributed by atoms with Gasteiger partial charge in [-0.05, 0) is 12.5 Å². The standard InChI is InChI=1S/C14H14N4O3S/c19-22(20)6-5-9(8-22)16-14-18-17-13(21-14)11-7-15-12-4-2-1-3-10(11)12/h1-4,7,9,15H,5-6,8H2,(H,16,18). The van der Waals surface area contributed by atoms with E-state index >= 15 is 0 Å². The summed E-state index contributed by atoms with van der Waals surface area (Å²) in [5, 5.41) is 12.0. The van der Waals surface area contributed by atoms with Crippen molar-refractivity contribution in [2.75, 3.05) is 16.8 Å². The van der Waals surface area contributed by atoms with Crippen LogP contribution in [0.4, 0.5) is 6.01 Å². The van der Waals surface area contributed by atoms with E-state index in [1.165, 1.54) is 0 Å². The summed E-state index contributed by atoms with van der Waals surface area (Å²) in [7, 11) is -2.94. The highest BCUT2D eigenvalue weighted by atomic mass is 32.2. The van der Waals surface area contributed by atoms with E-state index in [1.807, 2.05) is 30.5 Å². The molecule has 3 heterocycles. The van der Waals surface area contributed by atoms with Crippen LogP contribution in [-0.2, 0) is 9.84 Å². The molecule has 0 bridgehead atoms. The summed E-state index contributed by atoms with van der Waals surface area (Å²) in [6.45, 7) is 0. The molecular weight excluding hydrogens is 304 g/mol. The highest BCUT2D eigenvalue weighted by Crippen LogP contribution is 2.28. The SMILES string of the molecule is O=S1(=O)CCC(Nc2nnc(-c3c[nH]c4ccccc34)o2)C1. The molecule has 0 amide bonds. The Labute approximate surface area is 126 Å². The number of hydrogen-bond donors (Lipinski definition) is 2. The Morgan fingerprint density at radius 3 is 2.95 bits per heavy atom. The largest absolute Gasteiger partial charge is 0.403 e. The van der Waals surface area contributed by atoms with Gasteiger partial charge in [0.2, 0.25) is 0 Å². The van der Waals surface area contributed by atoms with Crippen molar-refractivity contribution in [2.45, 2.75) is 12.5 Å². The molecule has 0 radical (unpaired) electrons. The van der Waals surface area contributed by atoms with Crippen LogP contribution >= 0.6 is 0 Å². The average molecular weight is 318 g/mol. The molecule has 2 N–H and O–H groups in total. The Balaban J connectivity index is 1.59. The third-order valence-corrected chi connectivity index (χ3v) is 5.57. The van der Waals surface area contributed by atoms with Gasteiger partial charge in [-0.15, -0.1) is 5.10 Å². The predicted octanol–water partition coefficient (Wildman–Crippen LogP) is 1.82. The fourth-order valence-electron chi connectivity index (χ4n) is 2.72. The van der Waals surface area contributed by atoms with Crippen LogP contribution < -0.4 is 5.32 Å². The van der Waals surface area contributed by atoms with Crippen LogP contribution in [0.3, 0.4) is 0 Å². The fourth-order valence-corrected chi connectivity index (χ4v) is 4.40. The van der Waals surface area contributed by atoms with Crippen LogP contribution in [0, 0.1) is 0 Å². The molecule has 1 saturated heterocycles. The van der Waals surface area contributed by atoms with Gasteiger partial charge in [-0.25, -0.2) is 8.42 Å². The lowest BCUT2D eigenvalue weighted by molar-refractivity contribution is 0.571. The second-order valence-electron chi connectivity index (χ2n) is 5.40. The number of fused-ring (bicyclic) bond motifs is 1. The van der Waals surface area contributed by atoms with E-state index in [1.54, 1.807) is 0 Å². The first-order valence-electron chi connectivity index (χ1n) is 6.98. The van der Waals surface area contributed by atoms with Crippen molar-refractivity contribution >= 4 is 26.8 Å². The number of rotatable bonds is 3. The number of aromatic amines is 1. The maximum absolute atomic E-state index is 11.5. The Bertz CT molecular complexity index is 928. The fraction of sp³-hybridized carbons (Fsp3) is 0.286. The molecule has 1 aliphatic rings. The number of sulfone groups is 1. The second-order valence-corrected chi connectivity index (χ2v) is 7.63. The van der Waals surface area contributed by atoms with Crippen molar-refractivity contribution in [3.63, 3.8) is 0 Å². The van der Waals surface area contributed by atoms with E-state index in [0.29, 0.717) is 12.3 Å². The maximum atomic E-state index is 11.5. The molecule has 1 atom stereocenters. The highest BCUT2D eigenvalue weighted by Gasteiger charge is 2.29. The summed E-state index contributed by atoms with van der Waals surface area (Å²) in [5.74, 6) is 0.715. The van der Waals surface area contributed by atoms with Gasteiger partial charge in [0, 0.05) is 23.1 Å². The first kappa shape index (κ1) is 13.3. The number of benzene rings is 1. The van der Waals surface area contributed by atoms with E-state index in [-0.39, 0.29) is 23.6 Å². The molecule has 8 heteroatoms. The Morgan fingerprint density at radius 1 is 1.27 bits per heavy atom. The zero-order valence-electron chi connectivity index (χ0n) is 11.6. The molecule has 0 spiro atoms. The normalized spacial score (nSPS) is 20.5. The minimum atomic E-state index is -2.94. The first-order valence-corrected chi connectivity index (χ1v) is 8.80. The molecule has 0 aliphatic carbocycles. The molecule has 7 nitrogen and oxygen atoms in total. The Morgan fingerprint density at radius 2 is 2.14 bits per heavy atom. The summed E-state index contributed by atoms with van der Waals surface area (Å²) < 4.78 is 28.5. The average Bonchev–Trinajstić information content (AvgIpc) is 3.17. The number of hydrogen-bond acceptors (Lipinski definition) is 6.